The van der Waals surface area contributed by atoms with Gasteiger partial charge in [0.1, 0.15) is 36.3 Å². The van der Waals surface area contributed by atoms with Gasteiger partial charge in [-0.25, -0.2) is 9.82 Å². The van der Waals surface area contributed by atoms with Crippen molar-refractivity contribution < 1.29 is 23.1 Å². The maximum Gasteiger partial charge on any atom is 0.307 e. The van der Waals surface area contributed by atoms with E-state index in [9.17, 15) is 9.18 Å². The summed E-state index contributed by atoms with van der Waals surface area (Å²) in [7, 11) is 0. The first-order chi connectivity index (χ1) is 20.3. The Morgan fingerprint density at radius 1 is 1.00 bits per heavy atom. The molecule has 0 fully saturated rings. The van der Waals surface area contributed by atoms with Gasteiger partial charge < -0.3 is 18.5 Å². The predicted molar refractivity (Wildman–Crippen MR) is 163 cm³/mol. The zero-order valence-corrected chi connectivity index (χ0v) is 25.1. The summed E-state index contributed by atoms with van der Waals surface area (Å²) in [5, 5.41) is 4.48. The second kappa shape index (κ2) is 13.1. The highest BCUT2D eigenvalue weighted by atomic mass is 79.9. The fourth-order valence-electron chi connectivity index (χ4n) is 4.33. The van der Waals surface area contributed by atoms with Gasteiger partial charge in [-0.1, -0.05) is 23.7 Å². The number of amides is 1. The lowest BCUT2D eigenvalue weighted by Gasteiger charge is -2.12. The van der Waals surface area contributed by atoms with Crippen LogP contribution >= 0.6 is 27.5 Å². The average molecular weight is 651 g/mol. The molecule has 0 saturated heterocycles. The minimum absolute atomic E-state index is 0.0782. The van der Waals surface area contributed by atoms with Crippen LogP contribution in [0.15, 0.2) is 98.9 Å². The smallest absolute Gasteiger partial charge is 0.307 e. The van der Waals surface area contributed by atoms with Gasteiger partial charge in [-0.05, 0) is 108 Å². The van der Waals surface area contributed by atoms with Crippen molar-refractivity contribution in [1.29, 1.82) is 0 Å². The quantitative estimate of drug-likeness (QED) is 0.122. The van der Waals surface area contributed by atoms with Crippen LogP contribution in [-0.2, 0) is 13.2 Å². The van der Waals surface area contributed by atoms with E-state index < -0.39 is 5.91 Å². The summed E-state index contributed by atoms with van der Waals surface area (Å²) >= 11 is 9.64. The van der Waals surface area contributed by atoms with Crippen LogP contribution in [0.5, 0.6) is 11.5 Å². The highest BCUT2D eigenvalue weighted by molar-refractivity contribution is 9.10. The van der Waals surface area contributed by atoms with Crippen molar-refractivity contribution >= 4 is 39.7 Å². The van der Waals surface area contributed by atoms with Gasteiger partial charge in [-0.15, -0.1) is 0 Å². The Morgan fingerprint density at radius 2 is 1.76 bits per heavy atom. The van der Waals surface area contributed by atoms with E-state index in [1.165, 1.54) is 18.3 Å². The van der Waals surface area contributed by atoms with E-state index in [-0.39, 0.29) is 24.8 Å². The number of aryl methyl sites for hydroxylation is 2. The van der Waals surface area contributed by atoms with Crippen molar-refractivity contribution in [2.75, 3.05) is 0 Å². The summed E-state index contributed by atoms with van der Waals surface area (Å²) in [5.74, 6) is 0.784. The number of carbonyl (C=O) groups is 1. The molecular weight excluding hydrogens is 625 g/mol. The van der Waals surface area contributed by atoms with E-state index in [2.05, 4.69) is 57.0 Å². The summed E-state index contributed by atoms with van der Waals surface area (Å²) in [6.45, 7) is 4.40. The Hall–Kier alpha value is -4.34. The summed E-state index contributed by atoms with van der Waals surface area (Å²) in [5.41, 5.74) is 6.97. The van der Waals surface area contributed by atoms with Crippen molar-refractivity contribution in [2.45, 2.75) is 27.1 Å². The molecule has 2 aromatic heterocycles. The first-order valence-corrected chi connectivity index (χ1v) is 14.1. The molecule has 7 nitrogen and oxygen atoms in total. The van der Waals surface area contributed by atoms with Gasteiger partial charge in [0.15, 0.2) is 5.76 Å². The third-order valence-corrected chi connectivity index (χ3v) is 7.12. The first kappa shape index (κ1) is 29.2. The summed E-state index contributed by atoms with van der Waals surface area (Å²) < 4.78 is 33.7. The second-order valence-electron chi connectivity index (χ2n) is 9.42. The van der Waals surface area contributed by atoms with Gasteiger partial charge in [0.2, 0.25) is 0 Å². The Kier molecular flexibility index (Phi) is 9.09. The van der Waals surface area contributed by atoms with Gasteiger partial charge >= 0.3 is 5.91 Å². The van der Waals surface area contributed by atoms with Gasteiger partial charge in [-0.2, -0.15) is 5.10 Å². The van der Waals surface area contributed by atoms with Crippen LogP contribution in [0.4, 0.5) is 4.39 Å². The molecule has 1 amide bonds. The molecule has 0 radical (unpaired) electrons. The zero-order chi connectivity index (χ0) is 29.6. The number of carbonyl (C=O) groups excluding carboxylic acids is 1. The average Bonchev–Trinajstić information content (AvgIpc) is 3.57. The molecule has 0 bridgehead atoms. The number of hydrogen-bond acceptors (Lipinski definition) is 5. The fraction of sp³-hybridized carbons (Fsp3) is 0.125. The maximum atomic E-state index is 13.5. The molecule has 3 aromatic carbocycles. The highest BCUT2D eigenvalue weighted by Crippen LogP contribution is 2.32. The molecule has 0 aliphatic rings. The van der Waals surface area contributed by atoms with Crippen molar-refractivity contribution in [3.05, 3.63) is 134 Å². The maximum absolute atomic E-state index is 13.5. The third-order valence-electron chi connectivity index (χ3n) is 6.31. The largest absolute Gasteiger partial charge is 0.487 e. The molecule has 2 heterocycles. The van der Waals surface area contributed by atoms with E-state index in [4.69, 9.17) is 25.5 Å². The van der Waals surface area contributed by atoms with Crippen LogP contribution in [0.2, 0.25) is 5.02 Å². The molecule has 5 rings (SSSR count). The van der Waals surface area contributed by atoms with Crippen LogP contribution in [0.25, 0.3) is 5.69 Å². The lowest BCUT2D eigenvalue weighted by molar-refractivity contribution is 0.0923. The molecule has 0 aliphatic carbocycles. The summed E-state index contributed by atoms with van der Waals surface area (Å²) in [6.07, 6.45) is 1.41. The van der Waals surface area contributed by atoms with Crippen molar-refractivity contribution in [3.8, 4) is 17.2 Å². The fourth-order valence-corrected chi connectivity index (χ4v) is 5.27. The number of furan rings is 1. The van der Waals surface area contributed by atoms with E-state index in [0.717, 1.165) is 17.1 Å². The molecule has 1 N–H and O–H groups in total. The van der Waals surface area contributed by atoms with Gasteiger partial charge in [0, 0.05) is 27.7 Å². The lowest BCUT2D eigenvalue weighted by atomic mass is 10.2. The Balaban J connectivity index is 1.18. The summed E-state index contributed by atoms with van der Waals surface area (Å²) in [6, 6.07) is 24.6. The number of aromatic nitrogens is 1. The molecule has 5 aromatic rings. The standard InChI is InChI=1S/C32H26BrClFN3O4/c1-20-6-7-21(2)38(20)26-8-10-27(11-9-26)40-19-28-12-13-30(42-28)32(39)37-36-17-23-15-24(34)16-29(33)31(23)41-18-22-4-3-5-25(35)14-22/h3-17H,18-19H2,1-2H3,(H,37,39)/b36-17+. The van der Waals surface area contributed by atoms with Crippen LogP contribution in [-0.4, -0.2) is 16.7 Å². The molecule has 0 spiro atoms. The van der Waals surface area contributed by atoms with Crippen LogP contribution < -0.4 is 14.9 Å². The monoisotopic (exact) mass is 649 g/mol. The third kappa shape index (κ3) is 7.10. The van der Waals surface area contributed by atoms with Crippen LogP contribution in [0.3, 0.4) is 0 Å². The first-order valence-electron chi connectivity index (χ1n) is 12.9. The number of halogens is 3. The predicted octanol–water partition coefficient (Wildman–Crippen LogP) is 8.16. The molecule has 0 saturated carbocycles. The van der Waals surface area contributed by atoms with Crippen molar-refractivity contribution in [1.82, 2.24) is 9.99 Å². The lowest BCUT2D eigenvalue weighted by Crippen LogP contribution is -2.17. The minimum atomic E-state index is -0.539. The van der Waals surface area contributed by atoms with E-state index in [1.807, 2.05) is 24.3 Å². The molecular formula is C32H26BrClFN3O4. The Labute approximate surface area is 255 Å². The number of nitrogens with zero attached hydrogens (tertiary/aromatic N) is 2. The van der Waals surface area contributed by atoms with Crippen molar-refractivity contribution in [3.63, 3.8) is 0 Å². The Morgan fingerprint density at radius 3 is 2.50 bits per heavy atom. The second-order valence-corrected chi connectivity index (χ2v) is 10.7. The molecule has 0 unspecified atom stereocenters. The van der Waals surface area contributed by atoms with Gasteiger partial charge in [0.25, 0.3) is 0 Å². The zero-order valence-electron chi connectivity index (χ0n) is 22.7. The number of ether oxygens (including phenoxy) is 2. The molecule has 0 aliphatic heterocycles. The number of hydrogen-bond donors (Lipinski definition) is 1. The van der Waals surface area contributed by atoms with E-state index >= 15 is 0 Å². The number of hydrazone groups is 1. The summed E-state index contributed by atoms with van der Waals surface area (Å²) in [4.78, 5) is 12.6. The SMILES string of the molecule is Cc1ccc(C)n1-c1ccc(OCc2ccc(C(=O)N/N=C/c3cc(Cl)cc(Br)c3OCc3cccc(F)c3)o2)cc1. The molecule has 10 heteroatoms. The number of benzene rings is 3. The van der Waals surface area contributed by atoms with E-state index in [0.29, 0.717) is 37.9 Å². The minimum Gasteiger partial charge on any atom is -0.487 e. The highest BCUT2D eigenvalue weighted by Gasteiger charge is 2.13. The Bertz CT molecular complexity index is 1730. The molecule has 0 atom stereocenters. The van der Waals surface area contributed by atoms with Crippen LogP contribution in [0.1, 0.15) is 38.8 Å². The van der Waals surface area contributed by atoms with E-state index in [1.54, 1.807) is 36.4 Å². The molecule has 214 valence electrons. The normalized spacial score (nSPS) is 11.2. The number of rotatable bonds is 10. The van der Waals surface area contributed by atoms with Gasteiger partial charge in [0.05, 0.1) is 10.7 Å². The number of nitrogens with one attached hydrogen (secondary N) is 1. The van der Waals surface area contributed by atoms with Crippen LogP contribution in [0, 0.1) is 19.7 Å². The van der Waals surface area contributed by atoms with Crippen molar-refractivity contribution in [2.24, 2.45) is 5.10 Å². The topological polar surface area (TPSA) is 78.0 Å². The van der Waals surface area contributed by atoms with Gasteiger partial charge in [-0.3, -0.25) is 4.79 Å². The molecule has 42 heavy (non-hydrogen) atoms.